The van der Waals surface area contributed by atoms with Gasteiger partial charge in [-0.05, 0) is 18.1 Å². The molecule has 0 aromatic heterocycles. The van der Waals surface area contributed by atoms with Crippen molar-refractivity contribution >= 4 is 5.69 Å². The monoisotopic (exact) mass is 207 g/mol. The van der Waals surface area contributed by atoms with Crippen molar-refractivity contribution in [3.63, 3.8) is 0 Å². The lowest BCUT2D eigenvalue weighted by Gasteiger charge is -2.30. The van der Waals surface area contributed by atoms with Crippen molar-refractivity contribution in [2.24, 2.45) is 0 Å². The van der Waals surface area contributed by atoms with E-state index in [1.54, 1.807) is 0 Å². The van der Waals surface area contributed by atoms with E-state index in [1.807, 2.05) is 12.1 Å². The van der Waals surface area contributed by atoms with E-state index in [9.17, 15) is 0 Å². The average Bonchev–Trinajstić information content (AvgIpc) is 2.31. The summed E-state index contributed by atoms with van der Waals surface area (Å²) in [5.74, 6) is 0. The minimum atomic E-state index is 0.210. The summed E-state index contributed by atoms with van der Waals surface area (Å²) >= 11 is 0. The number of ether oxygens (including phenoxy) is 1. The van der Waals surface area contributed by atoms with Crippen LogP contribution in [0.25, 0.3) is 0 Å². The van der Waals surface area contributed by atoms with Crippen LogP contribution in [0.2, 0.25) is 0 Å². The Bertz CT molecular complexity index is 308. The number of aliphatic hydroxyl groups excluding tert-OH is 1. The van der Waals surface area contributed by atoms with Crippen molar-refractivity contribution in [1.82, 2.24) is 0 Å². The summed E-state index contributed by atoms with van der Waals surface area (Å²) < 4.78 is 5.33. The lowest BCUT2D eigenvalue weighted by Crippen LogP contribution is -2.36. The standard InChI is InChI=1S/C12H17NO2/c14-8-5-11-3-1-2-4-12(11)13-6-9-15-10-7-13/h1-4,14H,5-10H2. The molecule has 0 unspecified atom stereocenters. The van der Waals surface area contributed by atoms with E-state index in [4.69, 9.17) is 9.84 Å². The van der Waals surface area contributed by atoms with Gasteiger partial charge >= 0.3 is 0 Å². The normalized spacial score (nSPS) is 16.7. The summed E-state index contributed by atoms with van der Waals surface area (Å²) in [5.41, 5.74) is 2.47. The molecule has 1 N–H and O–H groups in total. The zero-order valence-electron chi connectivity index (χ0n) is 8.85. The van der Waals surface area contributed by atoms with Crippen LogP contribution in [0.1, 0.15) is 5.56 Å². The number of morpholine rings is 1. The van der Waals surface area contributed by atoms with E-state index < -0.39 is 0 Å². The van der Waals surface area contributed by atoms with E-state index in [0.29, 0.717) is 0 Å². The van der Waals surface area contributed by atoms with Crippen LogP contribution in [0.3, 0.4) is 0 Å². The predicted molar refractivity (Wildman–Crippen MR) is 60.3 cm³/mol. The van der Waals surface area contributed by atoms with Crippen molar-refractivity contribution in [2.45, 2.75) is 6.42 Å². The summed E-state index contributed by atoms with van der Waals surface area (Å²) in [6.45, 7) is 3.70. The molecule has 0 spiro atoms. The van der Waals surface area contributed by atoms with Crippen molar-refractivity contribution < 1.29 is 9.84 Å². The number of para-hydroxylation sites is 1. The van der Waals surface area contributed by atoms with Gasteiger partial charge in [-0.25, -0.2) is 0 Å². The highest BCUT2D eigenvalue weighted by atomic mass is 16.5. The van der Waals surface area contributed by atoms with E-state index in [0.717, 1.165) is 32.7 Å². The second-order valence-corrected chi connectivity index (χ2v) is 3.70. The molecule has 1 heterocycles. The predicted octanol–water partition coefficient (Wildman–Crippen LogP) is 1.06. The molecule has 0 atom stereocenters. The maximum Gasteiger partial charge on any atom is 0.0642 e. The molecule has 1 aliphatic rings. The van der Waals surface area contributed by atoms with Crippen LogP contribution in [0.4, 0.5) is 5.69 Å². The minimum Gasteiger partial charge on any atom is -0.396 e. The number of anilines is 1. The number of hydrogen-bond donors (Lipinski definition) is 1. The Balaban J connectivity index is 2.17. The lowest BCUT2D eigenvalue weighted by molar-refractivity contribution is 0.122. The van der Waals surface area contributed by atoms with Crippen LogP contribution in [-0.4, -0.2) is 38.0 Å². The molecule has 1 aromatic rings. The van der Waals surface area contributed by atoms with Gasteiger partial charge in [0.2, 0.25) is 0 Å². The third-order valence-electron chi connectivity index (χ3n) is 2.72. The Morgan fingerprint density at radius 1 is 1.20 bits per heavy atom. The van der Waals surface area contributed by atoms with E-state index >= 15 is 0 Å². The second-order valence-electron chi connectivity index (χ2n) is 3.70. The SMILES string of the molecule is OCCc1ccccc1N1CCOCC1. The fourth-order valence-corrected chi connectivity index (χ4v) is 1.96. The van der Waals surface area contributed by atoms with Gasteiger partial charge in [-0.2, -0.15) is 0 Å². The zero-order valence-corrected chi connectivity index (χ0v) is 8.85. The summed E-state index contributed by atoms with van der Waals surface area (Å²) in [6.07, 6.45) is 0.730. The molecule has 0 aliphatic carbocycles. The Morgan fingerprint density at radius 3 is 2.67 bits per heavy atom. The zero-order chi connectivity index (χ0) is 10.5. The maximum atomic E-state index is 9.00. The fraction of sp³-hybridized carbons (Fsp3) is 0.500. The Morgan fingerprint density at radius 2 is 1.93 bits per heavy atom. The highest BCUT2D eigenvalue weighted by Gasteiger charge is 2.13. The minimum absolute atomic E-state index is 0.210. The molecule has 0 saturated carbocycles. The molecular formula is C12H17NO2. The number of benzene rings is 1. The molecule has 0 bridgehead atoms. The average molecular weight is 207 g/mol. The first kappa shape index (κ1) is 10.5. The molecule has 1 fully saturated rings. The smallest absolute Gasteiger partial charge is 0.0642 e. The fourth-order valence-electron chi connectivity index (χ4n) is 1.96. The van der Waals surface area contributed by atoms with Crippen molar-refractivity contribution in [1.29, 1.82) is 0 Å². The third kappa shape index (κ3) is 2.49. The molecule has 2 rings (SSSR count). The number of nitrogens with zero attached hydrogens (tertiary/aromatic N) is 1. The third-order valence-corrected chi connectivity index (χ3v) is 2.72. The first-order chi connectivity index (χ1) is 7.42. The van der Waals surface area contributed by atoms with Crippen LogP contribution in [0.5, 0.6) is 0 Å². The molecular weight excluding hydrogens is 190 g/mol. The molecule has 82 valence electrons. The van der Waals surface area contributed by atoms with Gasteiger partial charge in [0.1, 0.15) is 0 Å². The Kier molecular flexibility index (Phi) is 3.59. The lowest BCUT2D eigenvalue weighted by atomic mass is 10.1. The summed E-state index contributed by atoms with van der Waals surface area (Å²) in [6, 6.07) is 8.28. The number of rotatable bonds is 3. The summed E-state index contributed by atoms with van der Waals surface area (Å²) in [7, 11) is 0. The van der Waals surface area contributed by atoms with Gasteiger partial charge in [-0.3, -0.25) is 0 Å². The summed E-state index contributed by atoms with van der Waals surface area (Å²) in [5, 5.41) is 9.00. The largest absolute Gasteiger partial charge is 0.396 e. The van der Waals surface area contributed by atoms with Gasteiger partial charge < -0.3 is 14.7 Å². The van der Waals surface area contributed by atoms with Crippen molar-refractivity contribution in [3.05, 3.63) is 29.8 Å². The van der Waals surface area contributed by atoms with E-state index in [2.05, 4.69) is 17.0 Å². The van der Waals surface area contributed by atoms with Gasteiger partial charge in [-0.15, -0.1) is 0 Å². The molecule has 0 radical (unpaired) electrons. The van der Waals surface area contributed by atoms with Gasteiger partial charge in [0.05, 0.1) is 13.2 Å². The van der Waals surface area contributed by atoms with Crippen LogP contribution >= 0.6 is 0 Å². The second kappa shape index (κ2) is 5.14. The number of aliphatic hydroxyl groups is 1. The van der Waals surface area contributed by atoms with Gasteiger partial charge in [-0.1, -0.05) is 18.2 Å². The highest BCUT2D eigenvalue weighted by molar-refractivity contribution is 5.54. The molecule has 0 amide bonds. The van der Waals surface area contributed by atoms with Gasteiger partial charge in [0.15, 0.2) is 0 Å². The van der Waals surface area contributed by atoms with E-state index in [1.165, 1.54) is 11.3 Å². The van der Waals surface area contributed by atoms with Crippen LogP contribution < -0.4 is 4.90 Å². The van der Waals surface area contributed by atoms with Gasteiger partial charge in [0, 0.05) is 25.4 Å². The number of hydrogen-bond acceptors (Lipinski definition) is 3. The molecule has 3 nitrogen and oxygen atoms in total. The van der Waals surface area contributed by atoms with Crippen LogP contribution in [0.15, 0.2) is 24.3 Å². The van der Waals surface area contributed by atoms with Crippen LogP contribution in [0, 0.1) is 0 Å². The summed E-state index contributed by atoms with van der Waals surface area (Å²) in [4.78, 5) is 2.33. The molecule has 1 aliphatic heterocycles. The molecule has 15 heavy (non-hydrogen) atoms. The van der Waals surface area contributed by atoms with Crippen LogP contribution in [-0.2, 0) is 11.2 Å². The highest BCUT2D eigenvalue weighted by Crippen LogP contribution is 2.21. The van der Waals surface area contributed by atoms with Crippen molar-refractivity contribution in [2.75, 3.05) is 37.8 Å². The Labute approximate surface area is 90.3 Å². The quantitative estimate of drug-likeness (QED) is 0.804. The molecule has 1 aromatic carbocycles. The first-order valence-corrected chi connectivity index (χ1v) is 5.43. The van der Waals surface area contributed by atoms with Crippen molar-refractivity contribution in [3.8, 4) is 0 Å². The Hall–Kier alpha value is -1.06. The molecule has 1 saturated heterocycles. The first-order valence-electron chi connectivity index (χ1n) is 5.43. The molecule has 3 heteroatoms. The maximum absolute atomic E-state index is 9.00. The van der Waals surface area contributed by atoms with Gasteiger partial charge in [0.25, 0.3) is 0 Å². The topological polar surface area (TPSA) is 32.7 Å². The van der Waals surface area contributed by atoms with E-state index in [-0.39, 0.29) is 6.61 Å².